The zero-order valence-electron chi connectivity index (χ0n) is 18.8. The summed E-state index contributed by atoms with van der Waals surface area (Å²) in [4.78, 5) is 36.6. The van der Waals surface area contributed by atoms with Crippen LogP contribution < -0.4 is 10.6 Å². The van der Waals surface area contributed by atoms with Gasteiger partial charge >= 0.3 is 12.1 Å². The number of benzene rings is 2. The molecule has 0 aliphatic heterocycles. The third-order valence-corrected chi connectivity index (χ3v) is 6.73. The third-order valence-electron chi connectivity index (χ3n) is 6.73. The number of carbonyl (C=O) groups is 3. The molecule has 0 radical (unpaired) electrons. The van der Waals surface area contributed by atoms with E-state index in [9.17, 15) is 14.4 Å². The smallest absolute Gasteiger partial charge is 0.407 e. The van der Waals surface area contributed by atoms with E-state index in [1.54, 1.807) is 0 Å². The van der Waals surface area contributed by atoms with Crippen LogP contribution in [-0.4, -0.2) is 41.3 Å². The lowest BCUT2D eigenvalue weighted by molar-refractivity contribution is -0.137. The second kappa shape index (κ2) is 9.65. The highest BCUT2D eigenvalue weighted by Gasteiger charge is 2.34. The average molecular weight is 451 g/mol. The summed E-state index contributed by atoms with van der Waals surface area (Å²) in [7, 11) is 0. The van der Waals surface area contributed by atoms with Crippen molar-refractivity contribution in [2.75, 3.05) is 6.61 Å². The molecule has 0 aromatic heterocycles. The van der Waals surface area contributed by atoms with Crippen LogP contribution in [0.15, 0.2) is 48.5 Å². The molecule has 4 rings (SSSR count). The topological polar surface area (TPSA) is 105 Å². The highest BCUT2D eigenvalue weighted by Crippen LogP contribution is 2.44. The summed E-state index contributed by atoms with van der Waals surface area (Å²) in [5.41, 5.74) is 4.14. The molecule has 0 saturated heterocycles. The molecule has 2 aliphatic rings. The Morgan fingerprint density at radius 3 is 2.18 bits per heavy atom. The monoisotopic (exact) mass is 450 g/mol. The fourth-order valence-corrected chi connectivity index (χ4v) is 4.98. The Labute approximate surface area is 193 Å². The Balaban J connectivity index is 1.41. The summed E-state index contributed by atoms with van der Waals surface area (Å²) < 4.78 is 5.54. The second-order valence-corrected chi connectivity index (χ2v) is 9.21. The maximum atomic E-state index is 12.9. The van der Waals surface area contributed by atoms with Crippen LogP contribution in [0.2, 0.25) is 0 Å². The van der Waals surface area contributed by atoms with Crippen molar-refractivity contribution >= 4 is 18.0 Å². The number of aliphatic carboxylic acids is 1. The van der Waals surface area contributed by atoms with E-state index in [0.717, 1.165) is 47.9 Å². The Kier molecular flexibility index (Phi) is 6.67. The zero-order chi connectivity index (χ0) is 23.4. The molecule has 1 atom stereocenters. The van der Waals surface area contributed by atoms with Crippen molar-refractivity contribution in [2.24, 2.45) is 0 Å². The Morgan fingerprint density at radius 1 is 1.03 bits per heavy atom. The van der Waals surface area contributed by atoms with Crippen LogP contribution in [0.25, 0.3) is 11.1 Å². The van der Waals surface area contributed by atoms with Gasteiger partial charge in [0.1, 0.15) is 12.6 Å². The SMILES string of the molecule is CC1(NC(=O)C(CCC(=O)O)NC(=O)OCC2c3ccccc3-c3ccccc32)CCCC1. The van der Waals surface area contributed by atoms with E-state index in [-0.39, 0.29) is 36.8 Å². The van der Waals surface area contributed by atoms with Gasteiger partial charge in [-0.15, -0.1) is 0 Å². The number of rotatable bonds is 8. The molecule has 2 amide bonds. The van der Waals surface area contributed by atoms with Crippen LogP contribution in [0.4, 0.5) is 4.79 Å². The molecule has 33 heavy (non-hydrogen) atoms. The maximum absolute atomic E-state index is 12.9. The molecule has 1 unspecified atom stereocenters. The number of carboxylic acids is 1. The highest BCUT2D eigenvalue weighted by molar-refractivity contribution is 5.86. The number of amides is 2. The van der Waals surface area contributed by atoms with Gasteiger partial charge in [-0.1, -0.05) is 61.4 Å². The van der Waals surface area contributed by atoms with Crippen molar-refractivity contribution in [3.8, 4) is 11.1 Å². The second-order valence-electron chi connectivity index (χ2n) is 9.21. The molecule has 1 saturated carbocycles. The molecule has 0 bridgehead atoms. The average Bonchev–Trinajstić information content (AvgIpc) is 3.36. The number of carboxylic acid groups (broad SMARTS) is 1. The van der Waals surface area contributed by atoms with E-state index in [2.05, 4.69) is 22.8 Å². The minimum absolute atomic E-state index is 0.00143. The van der Waals surface area contributed by atoms with E-state index in [1.165, 1.54) is 0 Å². The highest BCUT2D eigenvalue weighted by atomic mass is 16.5. The van der Waals surface area contributed by atoms with Crippen molar-refractivity contribution in [3.05, 3.63) is 59.7 Å². The fourth-order valence-electron chi connectivity index (χ4n) is 4.98. The molecule has 7 heteroatoms. The van der Waals surface area contributed by atoms with E-state index in [4.69, 9.17) is 9.84 Å². The van der Waals surface area contributed by atoms with Crippen LogP contribution in [0.3, 0.4) is 0 Å². The Hall–Kier alpha value is -3.35. The van der Waals surface area contributed by atoms with E-state index in [0.29, 0.717) is 0 Å². The number of hydrogen-bond donors (Lipinski definition) is 3. The Bertz CT molecular complexity index is 999. The molecule has 2 aromatic carbocycles. The summed E-state index contributed by atoms with van der Waals surface area (Å²) in [6.45, 7) is 2.12. The van der Waals surface area contributed by atoms with Gasteiger partial charge in [-0.05, 0) is 48.4 Å². The van der Waals surface area contributed by atoms with E-state index >= 15 is 0 Å². The van der Waals surface area contributed by atoms with Crippen LogP contribution in [0.1, 0.15) is 62.5 Å². The quantitative estimate of drug-likeness (QED) is 0.559. The number of ether oxygens (including phenoxy) is 1. The van der Waals surface area contributed by atoms with Crippen LogP contribution in [-0.2, 0) is 14.3 Å². The van der Waals surface area contributed by atoms with Crippen molar-refractivity contribution in [2.45, 2.75) is 62.9 Å². The minimum atomic E-state index is -1.02. The Morgan fingerprint density at radius 2 is 1.61 bits per heavy atom. The summed E-state index contributed by atoms with van der Waals surface area (Å²) >= 11 is 0. The van der Waals surface area contributed by atoms with Gasteiger partial charge in [-0.2, -0.15) is 0 Å². The number of carbonyl (C=O) groups excluding carboxylic acids is 2. The van der Waals surface area contributed by atoms with Gasteiger partial charge in [-0.25, -0.2) is 4.79 Å². The fraction of sp³-hybridized carbons (Fsp3) is 0.423. The number of fused-ring (bicyclic) bond motifs is 3. The predicted octanol–water partition coefficient (Wildman–Crippen LogP) is 4.21. The molecule has 2 aromatic rings. The van der Waals surface area contributed by atoms with E-state index in [1.807, 2.05) is 43.3 Å². The van der Waals surface area contributed by atoms with E-state index < -0.39 is 18.1 Å². The van der Waals surface area contributed by atoms with Gasteiger partial charge in [0.2, 0.25) is 5.91 Å². The number of nitrogens with one attached hydrogen (secondary N) is 2. The van der Waals surface area contributed by atoms with Crippen LogP contribution in [0.5, 0.6) is 0 Å². The summed E-state index contributed by atoms with van der Waals surface area (Å²) in [5, 5.41) is 14.7. The lowest BCUT2D eigenvalue weighted by Crippen LogP contribution is -2.53. The molecule has 3 N–H and O–H groups in total. The normalized spacial score (nSPS) is 17.0. The molecule has 1 fully saturated rings. The maximum Gasteiger partial charge on any atom is 0.407 e. The molecular formula is C26H30N2O5. The summed E-state index contributed by atoms with van der Waals surface area (Å²) in [5.74, 6) is -1.48. The van der Waals surface area contributed by atoms with Crippen molar-refractivity contribution < 1.29 is 24.2 Å². The summed E-state index contributed by atoms with van der Waals surface area (Å²) in [6, 6.07) is 15.1. The molecule has 0 heterocycles. The number of alkyl carbamates (subject to hydrolysis) is 1. The standard InChI is InChI=1S/C26H30N2O5/c1-26(14-6-7-15-26)28-24(31)22(12-13-23(29)30)27-25(32)33-16-21-19-10-4-2-8-17(19)18-9-3-5-11-20(18)21/h2-5,8-11,21-22H,6-7,12-16H2,1H3,(H,27,32)(H,28,31)(H,29,30). The van der Waals surface area contributed by atoms with Gasteiger partial charge in [0.05, 0.1) is 0 Å². The molecule has 2 aliphatic carbocycles. The molecular weight excluding hydrogens is 420 g/mol. The molecule has 174 valence electrons. The van der Waals surface area contributed by atoms with Crippen LogP contribution in [0, 0.1) is 0 Å². The van der Waals surface area contributed by atoms with Gasteiger partial charge in [0.15, 0.2) is 0 Å². The minimum Gasteiger partial charge on any atom is -0.481 e. The molecule has 0 spiro atoms. The first-order valence-electron chi connectivity index (χ1n) is 11.5. The lowest BCUT2D eigenvalue weighted by Gasteiger charge is -2.28. The lowest BCUT2D eigenvalue weighted by atomic mass is 9.98. The largest absolute Gasteiger partial charge is 0.481 e. The predicted molar refractivity (Wildman–Crippen MR) is 124 cm³/mol. The first-order valence-corrected chi connectivity index (χ1v) is 11.5. The first-order chi connectivity index (χ1) is 15.9. The van der Waals surface area contributed by atoms with Gasteiger partial charge < -0.3 is 20.5 Å². The van der Waals surface area contributed by atoms with Gasteiger partial charge in [-0.3, -0.25) is 9.59 Å². The third kappa shape index (κ3) is 5.18. The first kappa shape index (κ1) is 22.8. The van der Waals surface area contributed by atoms with Crippen molar-refractivity contribution in [3.63, 3.8) is 0 Å². The number of hydrogen-bond acceptors (Lipinski definition) is 4. The van der Waals surface area contributed by atoms with Gasteiger partial charge in [0.25, 0.3) is 0 Å². The summed E-state index contributed by atoms with van der Waals surface area (Å²) in [6.07, 6.45) is 2.87. The van der Waals surface area contributed by atoms with Gasteiger partial charge in [0, 0.05) is 17.9 Å². The van der Waals surface area contributed by atoms with Crippen molar-refractivity contribution in [1.29, 1.82) is 0 Å². The van der Waals surface area contributed by atoms with Crippen LogP contribution >= 0.6 is 0 Å². The van der Waals surface area contributed by atoms with Crippen molar-refractivity contribution in [1.82, 2.24) is 10.6 Å². The zero-order valence-corrected chi connectivity index (χ0v) is 18.8. The molecule has 7 nitrogen and oxygen atoms in total.